The van der Waals surface area contributed by atoms with Crippen LogP contribution in [0.15, 0.2) is 167 Å². The quantitative estimate of drug-likeness (QED) is 0.193. The number of para-hydroxylation sites is 4. The maximum atomic E-state index is 6.53. The fourth-order valence-corrected chi connectivity index (χ4v) is 7.24. The highest BCUT2D eigenvalue weighted by Gasteiger charge is 2.17. The maximum Gasteiger partial charge on any atom is 0.143 e. The second-order valence-electron chi connectivity index (χ2n) is 12.1. The van der Waals surface area contributed by atoms with Crippen LogP contribution in [0.5, 0.6) is 0 Å². The fraction of sp³-hybridized carbons (Fsp3) is 0. The predicted molar refractivity (Wildman–Crippen MR) is 192 cm³/mol. The van der Waals surface area contributed by atoms with Gasteiger partial charge in [-0.2, -0.15) is 0 Å². The van der Waals surface area contributed by atoms with E-state index in [9.17, 15) is 0 Å². The largest absolute Gasteiger partial charge is 0.455 e. The monoisotopic (exact) mass is 586 g/mol. The highest BCUT2D eigenvalue weighted by molar-refractivity contribution is 6.12. The van der Waals surface area contributed by atoms with E-state index in [1.165, 1.54) is 27.1 Å². The van der Waals surface area contributed by atoms with Crippen LogP contribution in [-0.2, 0) is 0 Å². The van der Waals surface area contributed by atoms with Crippen molar-refractivity contribution >= 4 is 65.4 Å². The van der Waals surface area contributed by atoms with Crippen molar-refractivity contribution in [3.63, 3.8) is 0 Å². The highest BCUT2D eigenvalue weighted by atomic mass is 16.3. The molecule has 0 saturated carbocycles. The van der Waals surface area contributed by atoms with E-state index in [-0.39, 0.29) is 0 Å². The number of furan rings is 2. The van der Waals surface area contributed by atoms with E-state index in [0.717, 1.165) is 71.7 Å². The average molecular weight is 587 g/mol. The molecule has 10 aromatic rings. The van der Waals surface area contributed by atoms with Gasteiger partial charge in [-0.15, -0.1) is 0 Å². The van der Waals surface area contributed by atoms with Gasteiger partial charge < -0.3 is 8.83 Å². The molecule has 2 nitrogen and oxygen atoms in total. The zero-order valence-corrected chi connectivity index (χ0v) is 24.8. The van der Waals surface area contributed by atoms with E-state index in [2.05, 4.69) is 133 Å². The van der Waals surface area contributed by atoms with Crippen LogP contribution in [0, 0.1) is 0 Å². The van der Waals surface area contributed by atoms with Crippen molar-refractivity contribution in [2.45, 2.75) is 0 Å². The second kappa shape index (κ2) is 9.69. The lowest BCUT2D eigenvalue weighted by Crippen LogP contribution is -1.88. The van der Waals surface area contributed by atoms with Gasteiger partial charge >= 0.3 is 0 Å². The molecule has 0 aliphatic carbocycles. The average Bonchev–Trinajstić information content (AvgIpc) is 3.70. The molecule has 10 rings (SSSR count). The number of rotatable bonds is 3. The Morgan fingerprint density at radius 1 is 0.283 bits per heavy atom. The second-order valence-corrected chi connectivity index (χ2v) is 12.1. The summed E-state index contributed by atoms with van der Waals surface area (Å²) in [6.07, 6.45) is 0. The van der Waals surface area contributed by atoms with E-state index >= 15 is 0 Å². The Morgan fingerprint density at radius 3 is 1.39 bits per heavy atom. The Bertz CT molecular complexity index is 2680. The van der Waals surface area contributed by atoms with E-state index in [1.54, 1.807) is 0 Å². The minimum atomic E-state index is 0.898. The van der Waals surface area contributed by atoms with Crippen LogP contribution in [0.3, 0.4) is 0 Å². The van der Waals surface area contributed by atoms with Crippen molar-refractivity contribution in [3.05, 3.63) is 158 Å². The minimum absolute atomic E-state index is 0.898. The van der Waals surface area contributed by atoms with Crippen molar-refractivity contribution in [1.29, 1.82) is 0 Å². The summed E-state index contributed by atoms with van der Waals surface area (Å²) >= 11 is 0. The SMILES string of the molecule is c1ccc2c(c1)ccc1ccc(-c3cc(-c4cccc5c4oc4ccccc45)cc(-c4cccc5c4oc4ccccc45)c3)cc12. The van der Waals surface area contributed by atoms with Crippen molar-refractivity contribution in [2.75, 3.05) is 0 Å². The topological polar surface area (TPSA) is 26.3 Å². The molecule has 0 N–H and O–H groups in total. The molecule has 0 amide bonds. The van der Waals surface area contributed by atoms with Crippen LogP contribution in [0.4, 0.5) is 0 Å². The number of hydrogen-bond donors (Lipinski definition) is 0. The molecule has 0 atom stereocenters. The van der Waals surface area contributed by atoms with Crippen LogP contribution >= 0.6 is 0 Å². The summed E-state index contributed by atoms with van der Waals surface area (Å²) in [6.45, 7) is 0. The van der Waals surface area contributed by atoms with Crippen LogP contribution in [-0.4, -0.2) is 0 Å². The van der Waals surface area contributed by atoms with E-state index in [1.807, 2.05) is 24.3 Å². The first-order valence-electron chi connectivity index (χ1n) is 15.7. The minimum Gasteiger partial charge on any atom is -0.455 e. The molecule has 0 radical (unpaired) electrons. The summed E-state index contributed by atoms with van der Waals surface area (Å²) in [7, 11) is 0. The van der Waals surface area contributed by atoms with Crippen LogP contribution in [0.1, 0.15) is 0 Å². The lowest BCUT2D eigenvalue weighted by Gasteiger charge is -2.13. The first kappa shape index (κ1) is 25.2. The zero-order chi connectivity index (χ0) is 30.2. The molecular weight excluding hydrogens is 560 g/mol. The van der Waals surface area contributed by atoms with E-state index in [4.69, 9.17) is 8.83 Å². The Morgan fingerprint density at radius 2 is 0.761 bits per heavy atom. The first-order chi connectivity index (χ1) is 22.8. The summed E-state index contributed by atoms with van der Waals surface area (Å²) in [4.78, 5) is 0. The molecule has 2 heteroatoms. The predicted octanol–water partition coefficient (Wildman–Crippen LogP) is 12.8. The van der Waals surface area contributed by atoms with Crippen molar-refractivity contribution in [3.8, 4) is 33.4 Å². The van der Waals surface area contributed by atoms with Crippen molar-refractivity contribution < 1.29 is 8.83 Å². The molecule has 0 bridgehead atoms. The molecule has 0 fully saturated rings. The summed E-state index contributed by atoms with van der Waals surface area (Å²) < 4.78 is 13.1. The lowest BCUT2D eigenvalue weighted by atomic mass is 9.91. The molecular formula is C44H26O2. The van der Waals surface area contributed by atoms with E-state index in [0.29, 0.717) is 0 Å². The molecule has 0 spiro atoms. The Labute approximate surface area is 264 Å². The third kappa shape index (κ3) is 3.77. The van der Waals surface area contributed by atoms with Gasteiger partial charge in [0, 0.05) is 32.7 Å². The van der Waals surface area contributed by atoms with Gasteiger partial charge in [0.2, 0.25) is 0 Å². The Balaban J connectivity index is 1.27. The van der Waals surface area contributed by atoms with Crippen LogP contribution in [0.25, 0.3) is 98.8 Å². The van der Waals surface area contributed by atoms with Crippen molar-refractivity contribution in [1.82, 2.24) is 0 Å². The highest BCUT2D eigenvalue weighted by Crippen LogP contribution is 2.42. The first-order valence-corrected chi connectivity index (χ1v) is 15.7. The standard InChI is InChI=1S/C44H26O2/c1-2-10-33-27(9-1)19-20-28-21-22-29(26-40(28)33)30-23-31(34-13-7-15-38-36-11-3-5-17-41(36)45-43(34)38)25-32(24-30)35-14-8-16-39-37-12-4-6-18-42(37)46-44(35)39/h1-26H. The van der Waals surface area contributed by atoms with Gasteiger partial charge in [0.25, 0.3) is 0 Å². The molecule has 2 aromatic heterocycles. The smallest absolute Gasteiger partial charge is 0.143 e. The molecule has 2 heterocycles. The summed E-state index contributed by atoms with van der Waals surface area (Å²) in [5, 5.41) is 9.49. The normalized spacial score (nSPS) is 11.9. The maximum absolute atomic E-state index is 6.53. The summed E-state index contributed by atoms with van der Waals surface area (Å²) in [5.41, 5.74) is 10.2. The molecule has 46 heavy (non-hydrogen) atoms. The zero-order valence-electron chi connectivity index (χ0n) is 24.8. The molecule has 0 unspecified atom stereocenters. The van der Waals surface area contributed by atoms with Gasteiger partial charge in [0.1, 0.15) is 22.3 Å². The van der Waals surface area contributed by atoms with Gasteiger partial charge in [-0.3, -0.25) is 0 Å². The third-order valence-electron chi connectivity index (χ3n) is 9.44. The lowest BCUT2D eigenvalue weighted by molar-refractivity contribution is 0.670. The van der Waals surface area contributed by atoms with Crippen LogP contribution < -0.4 is 0 Å². The molecule has 8 aromatic carbocycles. The molecule has 214 valence electrons. The fourth-order valence-electron chi connectivity index (χ4n) is 7.24. The van der Waals surface area contributed by atoms with E-state index < -0.39 is 0 Å². The summed E-state index contributed by atoms with van der Waals surface area (Å²) in [5.74, 6) is 0. The number of benzene rings is 8. The number of hydrogen-bond acceptors (Lipinski definition) is 2. The van der Waals surface area contributed by atoms with Gasteiger partial charge in [-0.05, 0) is 80.2 Å². The molecule has 0 aliphatic heterocycles. The molecule has 0 saturated heterocycles. The van der Waals surface area contributed by atoms with Gasteiger partial charge in [0.15, 0.2) is 0 Å². The van der Waals surface area contributed by atoms with Gasteiger partial charge in [0.05, 0.1) is 0 Å². The van der Waals surface area contributed by atoms with Gasteiger partial charge in [-0.25, -0.2) is 0 Å². The third-order valence-corrected chi connectivity index (χ3v) is 9.44. The molecule has 0 aliphatic rings. The summed E-state index contributed by atoms with van der Waals surface area (Å²) in [6, 6.07) is 56.2. The van der Waals surface area contributed by atoms with Gasteiger partial charge in [-0.1, -0.05) is 121 Å². The number of fused-ring (bicyclic) bond motifs is 9. The Hall–Kier alpha value is -6.12. The van der Waals surface area contributed by atoms with Crippen LogP contribution in [0.2, 0.25) is 0 Å². The Kier molecular flexibility index (Phi) is 5.31. The van der Waals surface area contributed by atoms with Crippen molar-refractivity contribution in [2.24, 2.45) is 0 Å².